The summed E-state index contributed by atoms with van der Waals surface area (Å²) in [7, 11) is -3.46. The number of sulfonamides is 1. The fourth-order valence-electron chi connectivity index (χ4n) is 3.05. The van der Waals surface area contributed by atoms with Gasteiger partial charge in [-0.05, 0) is 47.6 Å². The quantitative estimate of drug-likeness (QED) is 0.674. The molecule has 0 heterocycles. The van der Waals surface area contributed by atoms with Gasteiger partial charge in [0.05, 0.1) is 10.9 Å². The van der Waals surface area contributed by atoms with Crippen molar-refractivity contribution in [1.82, 2.24) is 10.0 Å². The second-order valence-electron chi connectivity index (χ2n) is 8.52. The minimum absolute atomic E-state index is 0.0728. The van der Waals surface area contributed by atoms with Crippen LogP contribution >= 0.6 is 0 Å². The number of carbonyl (C=O) groups excluding carboxylic acids is 1. The van der Waals surface area contributed by atoms with E-state index >= 15 is 0 Å². The molecule has 0 aliphatic heterocycles. The van der Waals surface area contributed by atoms with Crippen molar-refractivity contribution in [1.29, 1.82) is 0 Å². The first-order valence-electron chi connectivity index (χ1n) is 9.81. The molecule has 0 radical (unpaired) electrons. The summed E-state index contributed by atoms with van der Waals surface area (Å²) in [6.45, 7) is 6.26. The standard InChI is InChI=1S/C23H28N2O3S/c1-23(2,3)22(18-7-5-4-6-8-18)24-21(26)16-11-17-9-14-20(15-10-17)29(27,28)25-19-12-13-19/h4-11,14-16,19,22,25H,12-13H2,1-3H3,(H,24,26)/b16-11+. The van der Waals surface area contributed by atoms with E-state index in [-0.39, 0.29) is 28.3 Å². The minimum Gasteiger partial charge on any atom is -0.345 e. The van der Waals surface area contributed by atoms with Gasteiger partial charge in [0.2, 0.25) is 15.9 Å². The summed E-state index contributed by atoms with van der Waals surface area (Å²) in [4.78, 5) is 12.7. The summed E-state index contributed by atoms with van der Waals surface area (Å²) in [5.74, 6) is -0.194. The van der Waals surface area contributed by atoms with Gasteiger partial charge in [-0.3, -0.25) is 4.79 Å². The Kier molecular flexibility index (Phi) is 6.24. The molecule has 3 rings (SSSR count). The third kappa shape index (κ3) is 6.02. The molecule has 6 heteroatoms. The zero-order valence-corrected chi connectivity index (χ0v) is 17.9. The number of hydrogen-bond acceptors (Lipinski definition) is 3. The third-order valence-electron chi connectivity index (χ3n) is 4.80. The molecule has 2 N–H and O–H groups in total. The average molecular weight is 413 g/mol. The molecule has 0 saturated heterocycles. The van der Waals surface area contributed by atoms with Gasteiger partial charge in [0.1, 0.15) is 0 Å². The predicted molar refractivity (Wildman–Crippen MR) is 116 cm³/mol. The van der Waals surface area contributed by atoms with E-state index in [1.807, 2.05) is 30.3 Å². The van der Waals surface area contributed by atoms with Gasteiger partial charge in [0.25, 0.3) is 0 Å². The number of carbonyl (C=O) groups is 1. The van der Waals surface area contributed by atoms with Gasteiger partial charge in [0.15, 0.2) is 0 Å². The van der Waals surface area contributed by atoms with Crippen LogP contribution in [-0.2, 0) is 14.8 Å². The molecule has 154 valence electrons. The highest BCUT2D eigenvalue weighted by molar-refractivity contribution is 7.89. The molecule has 0 aromatic heterocycles. The Labute approximate surface area is 173 Å². The molecule has 2 aromatic carbocycles. The summed E-state index contributed by atoms with van der Waals surface area (Å²) >= 11 is 0. The average Bonchev–Trinajstić information content (AvgIpc) is 3.48. The topological polar surface area (TPSA) is 75.3 Å². The molecule has 1 aliphatic carbocycles. The molecular weight excluding hydrogens is 384 g/mol. The van der Waals surface area contributed by atoms with Crippen LogP contribution in [0.1, 0.15) is 50.8 Å². The summed E-state index contributed by atoms with van der Waals surface area (Å²) in [5, 5.41) is 3.08. The Morgan fingerprint density at radius 3 is 2.21 bits per heavy atom. The van der Waals surface area contributed by atoms with Crippen molar-refractivity contribution >= 4 is 22.0 Å². The number of amides is 1. The molecule has 29 heavy (non-hydrogen) atoms. The van der Waals surface area contributed by atoms with Gasteiger partial charge < -0.3 is 5.32 Å². The first kappa shape index (κ1) is 21.3. The van der Waals surface area contributed by atoms with Crippen LogP contribution < -0.4 is 10.0 Å². The van der Waals surface area contributed by atoms with Crippen molar-refractivity contribution in [2.75, 3.05) is 0 Å². The second kappa shape index (κ2) is 8.51. The summed E-state index contributed by atoms with van der Waals surface area (Å²) < 4.78 is 27.1. The van der Waals surface area contributed by atoms with E-state index in [4.69, 9.17) is 0 Å². The maximum Gasteiger partial charge on any atom is 0.244 e. The largest absolute Gasteiger partial charge is 0.345 e. The highest BCUT2D eigenvalue weighted by Gasteiger charge is 2.28. The van der Waals surface area contributed by atoms with Gasteiger partial charge in [-0.15, -0.1) is 0 Å². The molecule has 0 bridgehead atoms. The minimum atomic E-state index is -3.46. The highest BCUT2D eigenvalue weighted by atomic mass is 32.2. The zero-order chi connectivity index (χ0) is 21.1. The van der Waals surface area contributed by atoms with E-state index in [0.717, 1.165) is 24.0 Å². The molecule has 5 nitrogen and oxygen atoms in total. The van der Waals surface area contributed by atoms with Crippen LogP contribution in [0.5, 0.6) is 0 Å². The predicted octanol–water partition coefficient (Wildman–Crippen LogP) is 4.04. The number of benzene rings is 2. The molecular formula is C23H28N2O3S. The van der Waals surface area contributed by atoms with Crippen molar-refractivity contribution in [2.24, 2.45) is 5.41 Å². The molecule has 1 amide bonds. The van der Waals surface area contributed by atoms with Crippen LogP contribution in [0.2, 0.25) is 0 Å². The molecule has 1 unspecified atom stereocenters. The Balaban J connectivity index is 1.66. The number of nitrogens with one attached hydrogen (secondary N) is 2. The van der Waals surface area contributed by atoms with E-state index in [1.54, 1.807) is 30.3 Å². The molecule has 0 spiro atoms. The fraction of sp³-hybridized carbons (Fsp3) is 0.348. The summed E-state index contributed by atoms with van der Waals surface area (Å²) in [6.07, 6.45) is 4.96. The van der Waals surface area contributed by atoms with Gasteiger partial charge >= 0.3 is 0 Å². The monoisotopic (exact) mass is 412 g/mol. The van der Waals surface area contributed by atoms with Crippen LogP contribution in [0.15, 0.2) is 65.6 Å². The van der Waals surface area contributed by atoms with Gasteiger partial charge in [-0.2, -0.15) is 0 Å². The number of rotatable bonds is 7. The Morgan fingerprint density at radius 1 is 1.03 bits per heavy atom. The van der Waals surface area contributed by atoms with Crippen LogP contribution in [-0.4, -0.2) is 20.4 Å². The van der Waals surface area contributed by atoms with Crippen LogP contribution in [0.4, 0.5) is 0 Å². The van der Waals surface area contributed by atoms with E-state index < -0.39 is 10.0 Å². The summed E-state index contributed by atoms with van der Waals surface area (Å²) in [5.41, 5.74) is 1.67. The normalized spacial score (nSPS) is 16.0. The Hall–Kier alpha value is -2.44. The Bertz CT molecular complexity index is 971. The van der Waals surface area contributed by atoms with E-state index in [1.165, 1.54) is 6.08 Å². The van der Waals surface area contributed by atoms with Crippen molar-refractivity contribution in [3.63, 3.8) is 0 Å². The third-order valence-corrected chi connectivity index (χ3v) is 6.34. The van der Waals surface area contributed by atoms with Crippen molar-refractivity contribution in [3.05, 3.63) is 71.8 Å². The lowest BCUT2D eigenvalue weighted by molar-refractivity contribution is -0.117. The second-order valence-corrected chi connectivity index (χ2v) is 10.2. The van der Waals surface area contributed by atoms with Crippen LogP contribution in [0, 0.1) is 5.41 Å². The first-order valence-corrected chi connectivity index (χ1v) is 11.3. The first-order chi connectivity index (χ1) is 13.6. The number of hydrogen-bond donors (Lipinski definition) is 2. The summed E-state index contributed by atoms with van der Waals surface area (Å²) in [6, 6.07) is 16.4. The molecule has 2 aromatic rings. The van der Waals surface area contributed by atoms with Crippen LogP contribution in [0.3, 0.4) is 0 Å². The molecule has 1 atom stereocenters. The van der Waals surface area contributed by atoms with Crippen molar-refractivity contribution in [3.8, 4) is 0 Å². The van der Waals surface area contributed by atoms with E-state index in [2.05, 4.69) is 30.8 Å². The lowest BCUT2D eigenvalue weighted by Gasteiger charge is -2.31. The van der Waals surface area contributed by atoms with E-state index in [9.17, 15) is 13.2 Å². The maximum atomic E-state index is 12.5. The lowest BCUT2D eigenvalue weighted by atomic mass is 9.82. The lowest BCUT2D eigenvalue weighted by Crippen LogP contribution is -2.35. The molecule has 1 saturated carbocycles. The van der Waals surface area contributed by atoms with Crippen molar-refractivity contribution in [2.45, 2.75) is 50.6 Å². The van der Waals surface area contributed by atoms with Crippen LogP contribution in [0.25, 0.3) is 6.08 Å². The molecule has 1 fully saturated rings. The van der Waals surface area contributed by atoms with E-state index in [0.29, 0.717) is 0 Å². The van der Waals surface area contributed by atoms with Gasteiger partial charge in [0, 0.05) is 12.1 Å². The van der Waals surface area contributed by atoms with Crippen molar-refractivity contribution < 1.29 is 13.2 Å². The zero-order valence-electron chi connectivity index (χ0n) is 17.1. The Morgan fingerprint density at radius 2 is 1.66 bits per heavy atom. The van der Waals surface area contributed by atoms with Gasteiger partial charge in [-0.25, -0.2) is 13.1 Å². The maximum absolute atomic E-state index is 12.5. The highest BCUT2D eigenvalue weighted by Crippen LogP contribution is 2.32. The SMILES string of the molecule is CC(C)(C)C(NC(=O)/C=C/c1ccc(S(=O)(=O)NC2CC2)cc1)c1ccccc1. The fourth-order valence-corrected chi connectivity index (χ4v) is 4.36. The smallest absolute Gasteiger partial charge is 0.244 e. The molecule has 1 aliphatic rings. The van der Waals surface area contributed by atoms with Gasteiger partial charge in [-0.1, -0.05) is 63.2 Å².